The van der Waals surface area contributed by atoms with E-state index in [1.807, 2.05) is 32.0 Å². The van der Waals surface area contributed by atoms with E-state index in [0.29, 0.717) is 0 Å². The fraction of sp³-hybridized carbons (Fsp3) is 0.333. The highest BCUT2D eigenvalue weighted by Crippen LogP contribution is 2.26. The van der Waals surface area contributed by atoms with Crippen LogP contribution in [-0.2, 0) is 6.42 Å². The van der Waals surface area contributed by atoms with Crippen molar-refractivity contribution in [2.75, 3.05) is 0 Å². The molecule has 0 radical (unpaired) electrons. The number of hydrogen-bond donors (Lipinski definition) is 1. The minimum absolute atomic E-state index is 0.0566. The third-order valence-electron chi connectivity index (χ3n) is 2.59. The van der Waals surface area contributed by atoms with E-state index in [9.17, 15) is 0 Å². The average Bonchev–Trinajstić information content (AvgIpc) is 2.67. The van der Waals surface area contributed by atoms with Crippen molar-refractivity contribution in [3.63, 3.8) is 0 Å². The quantitative estimate of drug-likeness (QED) is 0.930. The van der Waals surface area contributed by atoms with Crippen LogP contribution in [0.4, 0.5) is 0 Å². The minimum Gasteiger partial charge on any atom is -0.324 e. The maximum Gasteiger partial charge on any atom is 0.0931 e. The van der Waals surface area contributed by atoms with Crippen LogP contribution in [0.3, 0.4) is 0 Å². The molecule has 2 aromatic rings. The van der Waals surface area contributed by atoms with Gasteiger partial charge in [0.05, 0.1) is 15.7 Å². The molecule has 0 spiro atoms. The zero-order valence-electron chi connectivity index (χ0n) is 9.77. The number of halogens is 1. The van der Waals surface area contributed by atoms with E-state index in [-0.39, 0.29) is 6.04 Å². The number of hydrogen-bond acceptors (Lipinski definition) is 4. The van der Waals surface area contributed by atoms with Crippen molar-refractivity contribution in [2.24, 2.45) is 5.73 Å². The van der Waals surface area contributed by atoms with E-state index in [1.165, 1.54) is 4.88 Å². The van der Waals surface area contributed by atoms with Crippen molar-refractivity contribution >= 4 is 22.9 Å². The van der Waals surface area contributed by atoms with Crippen molar-refractivity contribution in [1.29, 1.82) is 0 Å². The first kappa shape index (κ1) is 12.5. The summed E-state index contributed by atoms with van der Waals surface area (Å²) >= 11 is 7.47. The maximum absolute atomic E-state index is 6.20. The Balaban J connectivity index is 2.19. The molecule has 0 bridgehead atoms. The molecule has 17 heavy (non-hydrogen) atoms. The van der Waals surface area contributed by atoms with Crippen molar-refractivity contribution in [3.05, 3.63) is 44.4 Å². The molecule has 2 heterocycles. The van der Waals surface area contributed by atoms with Crippen LogP contribution < -0.4 is 5.73 Å². The maximum atomic E-state index is 6.20. The fourth-order valence-electron chi connectivity index (χ4n) is 1.73. The van der Waals surface area contributed by atoms with Gasteiger partial charge in [0.2, 0.25) is 0 Å². The van der Waals surface area contributed by atoms with Crippen LogP contribution in [0.5, 0.6) is 0 Å². The van der Waals surface area contributed by atoms with E-state index in [0.717, 1.165) is 27.7 Å². The molecule has 3 nitrogen and oxygen atoms in total. The molecule has 0 aromatic carbocycles. The molecule has 0 aliphatic heterocycles. The van der Waals surface area contributed by atoms with E-state index >= 15 is 0 Å². The van der Waals surface area contributed by atoms with Crippen LogP contribution in [-0.4, -0.2) is 10.2 Å². The monoisotopic (exact) mass is 267 g/mol. The average molecular weight is 268 g/mol. The smallest absolute Gasteiger partial charge is 0.0931 e. The third kappa shape index (κ3) is 3.03. The van der Waals surface area contributed by atoms with Crippen LogP contribution in [0.15, 0.2) is 18.2 Å². The van der Waals surface area contributed by atoms with Gasteiger partial charge in [-0.2, -0.15) is 10.2 Å². The van der Waals surface area contributed by atoms with Gasteiger partial charge in [-0.05, 0) is 37.6 Å². The van der Waals surface area contributed by atoms with E-state index in [1.54, 1.807) is 11.3 Å². The van der Waals surface area contributed by atoms with Crippen molar-refractivity contribution in [2.45, 2.75) is 26.3 Å². The zero-order valence-corrected chi connectivity index (χ0v) is 11.3. The number of nitrogens with two attached hydrogens (primary N) is 1. The number of aromatic nitrogens is 2. The summed E-state index contributed by atoms with van der Waals surface area (Å²) in [7, 11) is 0. The molecule has 1 unspecified atom stereocenters. The molecule has 90 valence electrons. The standard InChI is InChI=1S/C12H14ClN3S/c1-7-5-10(8(2)16-15-7)11(14)6-9-3-4-12(13)17-9/h3-5,11H,6,14H2,1-2H3. The summed E-state index contributed by atoms with van der Waals surface area (Å²) in [6.07, 6.45) is 0.781. The normalized spacial score (nSPS) is 12.7. The first-order valence-electron chi connectivity index (χ1n) is 5.37. The Hall–Kier alpha value is -0.970. The topological polar surface area (TPSA) is 51.8 Å². The lowest BCUT2D eigenvalue weighted by molar-refractivity contribution is 0.707. The second kappa shape index (κ2) is 5.12. The summed E-state index contributed by atoms with van der Waals surface area (Å²) in [5, 5.41) is 8.10. The largest absolute Gasteiger partial charge is 0.324 e. The summed E-state index contributed by atoms with van der Waals surface area (Å²) in [4.78, 5) is 1.19. The molecule has 0 saturated carbocycles. The summed E-state index contributed by atoms with van der Waals surface area (Å²) in [5.74, 6) is 0. The molecule has 0 saturated heterocycles. The molecule has 0 amide bonds. The van der Waals surface area contributed by atoms with Gasteiger partial charge in [-0.3, -0.25) is 0 Å². The Morgan fingerprint density at radius 2 is 2.12 bits per heavy atom. The molecule has 0 aliphatic rings. The second-order valence-corrected chi connectivity index (χ2v) is 5.84. The van der Waals surface area contributed by atoms with Crippen molar-refractivity contribution in [1.82, 2.24) is 10.2 Å². The Bertz CT molecular complexity index is 524. The van der Waals surface area contributed by atoms with Crippen LogP contribution >= 0.6 is 22.9 Å². The molecule has 1 atom stereocenters. The van der Waals surface area contributed by atoms with E-state index in [4.69, 9.17) is 17.3 Å². The number of aryl methyl sites for hydroxylation is 2. The van der Waals surface area contributed by atoms with Crippen LogP contribution in [0.2, 0.25) is 4.34 Å². The molecule has 0 fully saturated rings. The van der Waals surface area contributed by atoms with E-state index < -0.39 is 0 Å². The highest BCUT2D eigenvalue weighted by molar-refractivity contribution is 7.16. The summed E-state index contributed by atoms with van der Waals surface area (Å²) in [6.45, 7) is 3.85. The first-order valence-corrected chi connectivity index (χ1v) is 6.56. The zero-order chi connectivity index (χ0) is 12.4. The van der Waals surface area contributed by atoms with Gasteiger partial charge in [-0.1, -0.05) is 11.6 Å². The highest BCUT2D eigenvalue weighted by atomic mass is 35.5. The Labute approximate surface area is 110 Å². The lowest BCUT2D eigenvalue weighted by atomic mass is 10.0. The van der Waals surface area contributed by atoms with Gasteiger partial charge in [0.15, 0.2) is 0 Å². The molecule has 2 aromatic heterocycles. The Morgan fingerprint density at radius 1 is 1.35 bits per heavy atom. The van der Waals surface area contributed by atoms with Gasteiger partial charge in [0, 0.05) is 17.3 Å². The Kier molecular flexibility index (Phi) is 3.76. The number of rotatable bonds is 3. The van der Waals surface area contributed by atoms with Gasteiger partial charge in [0.25, 0.3) is 0 Å². The highest BCUT2D eigenvalue weighted by Gasteiger charge is 2.12. The summed E-state index contributed by atoms with van der Waals surface area (Å²) in [5.41, 5.74) is 9.05. The van der Waals surface area contributed by atoms with Gasteiger partial charge in [-0.25, -0.2) is 0 Å². The van der Waals surface area contributed by atoms with Gasteiger partial charge in [0.1, 0.15) is 0 Å². The van der Waals surface area contributed by atoms with Gasteiger partial charge >= 0.3 is 0 Å². The van der Waals surface area contributed by atoms with Crippen molar-refractivity contribution < 1.29 is 0 Å². The fourth-order valence-corrected chi connectivity index (χ4v) is 2.88. The van der Waals surface area contributed by atoms with Crippen molar-refractivity contribution in [3.8, 4) is 0 Å². The van der Waals surface area contributed by atoms with Crippen LogP contribution in [0, 0.1) is 13.8 Å². The second-order valence-electron chi connectivity index (χ2n) is 4.04. The molecule has 2 rings (SSSR count). The van der Waals surface area contributed by atoms with Crippen LogP contribution in [0.1, 0.15) is 27.9 Å². The molecule has 2 N–H and O–H groups in total. The molecule has 5 heteroatoms. The minimum atomic E-state index is -0.0566. The third-order valence-corrected chi connectivity index (χ3v) is 3.84. The van der Waals surface area contributed by atoms with Gasteiger partial charge in [-0.15, -0.1) is 11.3 Å². The SMILES string of the molecule is Cc1cc(C(N)Cc2ccc(Cl)s2)c(C)nn1. The predicted molar refractivity (Wildman–Crippen MR) is 71.5 cm³/mol. The lowest BCUT2D eigenvalue weighted by Crippen LogP contribution is -2.15. The predicted octanol–water partition coefficient (Wildman–Crippen LogP) is 3.05. The van der Waals surface area contributed by atoms with Crippen LogP contribution in [0.25, 0.3) is 0 Å². The summed E-state index contributed by atoms with van der Waals surface area (Å²) in [6, 6.07) is 5.86. The number of nitrogens with zero attached hydrogens (tertiary/aromatic N) is 2. The summed E-state index contributed by atoms with van der Waals surface area (Å²) < 4.78 is 0.799. The first-order chi connectivity index (χ1) is 8.06. The van der Waals surface area contributed by atoms with Gasteiger partial charge < -0.3 is 5.73 Å². The number of thiophene rings is 1. The molecule has 0 aliphatic carbocycles. The Morgan fingerprint density at radius 3 is 2.76 bits per heavy atom. The van der Waals surface area contributed by atoms with E-state index in [2.05, 4.69) is 10.2 Å². The molecular formula is C12H14ClN3S. The lowest BCUT2D eigenvalue weighted by Gasteiger charge is -2.13. The molecular weight excluding hydrogens is 254 g/mol.